The maximum Gasteiger partial charge on any atom is 0.129 e. The van der Waals surface area contributed by atoms with Crippen LogP contribution < -0.4 is 0 Å². The molecular weight excluding hydrogens is 208 g/mol. The molecule has 0 N–H and O–H groups in total. The Morgan fingerprint density at radius 2 is 1.86 bits per heavy atom. The average Bonchev–Trinajstić information content (AvgIpc) is 2.01. The zero-order valence-corrected chi connectivity index (χ0v) is 10.9. The van der Waals surface area contributed by atoms with Gasteiger partial charge in [0, 0.05) is 5.56 Å². The van der Waals surface area contributed by atoms with Crippen LogP contribution in [0.2, 0.25) is 24.7 Å². The van der Waals surface area contributed by atoms with Gasteiger partial charge in [0.05, 0.1) is 5.02 Å². The summed E-state index contributed by atoms with van der Waals surface area (Å²) in [6.45, 7) is 8.73. The lowest BCUT2D eigenvalue weighted by atomic mass is 10.1. The molecule has 14 heavy (non-hydrogen) atoms. The van der Waals surface area contributed by atoms with E-state index in [0.717, 1.165) is 16.1 Å². The van der Waals surface area contributed by atoms with Crippen LogP contribution in [0.25, 0.3) is 0 Å². The van der Waals surface area contributed by atoms with Gasteiger partial charge in [0.25, 0.3) is 0 Å². The van der Waals surface area contributed by atoms with Crippen molar-refractivity contribution in [3.05, 3.63) is 34.3 Å². The van der Waals surface area contributed by atoms with Crippen LogP contribution >= 0.6 is 11.6 Å². The Kier molecular flexibility index (Phi) is 3.42. The molecule has 0 unspecified atom stereocenters. The van der Waals surface area contributed by atoms with Crippen LogP contribution in [0.4, 0.5) is 0 Å². The first-order chi connectivity index (χ1) is 6.40. The molecule has 74 valence electrons. The predicted molar refractivity (Wildman–Crippen MR) is 66.4 cm³/mol. The van der Waals surface area contributed by atoms with Crippen molar-refractivity contribution in [3.63, 3.8) is 0 Å². The first-order valence-electron chi connectivity index (χ1n) is 4.68. The summed E-state index contributed by atoms with van der Waals surface area (Å²) in [5, 5.41) is 0.760. The fourth-order valence-electron chi connectivity index (χ4n) is 1.04. The summed E-state index contributed by atoms with van der Waals surface area (Å²) in [4.78, 5) is 0. The van der Waals surface area contributed by atoms with Crippen molar-refractivity contribution in [2.75, 3.05) is 0 Å². The van der Waals surface area contributed by atoms with E-state index in [1.165, 1.54) is 0 Å². The maximum atomic E-state index is 6.07. The number of rotatable bonds is 0. The van der Waals surface area contributed by atoms with Crippen molar-refractivity contribution in [3.8, 4) is 11.5 Å². The van der Waals surface area contributed by atoms with E-state index >= 15 is 0 Å². The zero-order valence-electron chi connectivity index (χ0n) is 9.11. The fourth-order valence-corrected chi connectivity index (χ4v) is 1.81. The number of hydrogen-bond acceptors (Lipinski definition) is 0. The monoisotopic (exact) mass is 222 g/mol. The molecule has 0 atom stereocenters. The van der Waals surface area contributed by atoms with E-state index in [0.29, 0.717) is 0 Å². The summed E-state index contributed by atoms with van der Waals surface area (Å²) in [5.41, 5.74) is 5.46. The van der Waals surface area contributed by atoms with E-state index in [2.05, 4.69) is 31.1 Å². The zero-order chi connectivity index (χ0) is 10.8. The van der Waals surface area contributed by atoms with Crippen molar-refractivity contribution >= 4 is 19.7 Å². The van der Waals surface area contributed by atoms with Gasteiger partial charge in [-0.05, 0) is 18.6 Å². The number of aryl methyl sites for hydroxylation is 1. The quantitative estimate of drug-likeness (QED) is 0.462. The summed E-state index contributed by atoms with van der Waals surface area (Å²) in [6.07, 6.45) is 0. The first-order valence-corrected chi connectivity index (χ1v) is 8.56. The number of hydrogen-bond donors (Lipinski definition) is 0. The van der Waals surface area contributed by atoms with E-state index in [9.17, 15) is 0 Å². The molecule has 0 bridgehead atoms. The van der Waals surface area contributed by atoms with Gasteiger partial charge in [-0.15, -0.1) is 5.54 Å². The highest BCUT2D eigenvalue weighted by atomic mass is 35.5. The Morgan fingerprint density at radius 1 is 1.21 bits per heavy atom. The predicted octanol–water partition coefficient (Wildman–Crippen LogP) is 3.88. The third-order valence-corrected chi connectivity index (χ3v) is 2.97. The lowest BCUT2D eigenvalue weighted by Gasteiger charge is -2.05. The van der Waals surface area contributed by atoms with Gasteiger partial charge in [0.2, 0.25) is 0 Å². The Morgan fingerprint density at radius 3 is 2.36 bits per heavy atom. The highest BCUT2D eigenvalue weighted by molar-refractivity contribution is 6.83. The minimum atomic E-state index is -1.31. The van der Waals surface area contributed by atoms with Gasteiger partial charge in [-0.2, -0.15) is 0 Å². The molecule has 0 aliphatic carbocycles. The van der Waals surface area contributed by atoms with Gasteiger partial charge >= 0.3 is 0 Å². The number of halogens is 1. The SMILES string of the molecule is Cc1cccc(Cl)c1C#C[Si](C)(C)C. The van der Waals surface area contributed by atoms with Crippen LogP contribution in [-0.2, 0) is 0 Å². The average molecular weight is 223 g/mol. The molecule has 0 aromatic heterocycles. The molecule has 1 aromatic rings. The van der Waals surface area contributed by atoms with E-state index < -0.39 is 8.07 Å². The van der Waals surface area contributed by atoms with Crippen molar-refractivity contribution < 1.29 is 0 Å². The minimum absolute atomic E-state index is 0.760. The molecule has 0 heterocycles. The molecule has 0 amide bonds. The third-order valence-electron chi connectivity index (χ3n) is 1.78. The van der Waals surface area contributed by atoms with Crippen LogP contribution in [0.1, 0.15) is 11.1 Å². The highest BCUT2D eigenvalue weighted by Crippen LogP contribution is 2.18. The molecule has 1 aromatic carbocycles. The fraction of sp³-hybridized carbons (Fsp3) is 0.333. The summed E-state index contributed by atoms with van der Waals surface area (Å²) >= 11 is 6.07. The topological polar surface area (TPSA) is 0 Å². The van der Waals surface area contributed by atoms with Crippen molar-refractivity contribution in [1.82, 2.24) is 0 Å². The van der Waals surface area contributed by atoms with Crippen LogP contribution in [0.15, 0.2) is 18.2 Å². The van der Waals surface area contributed by atoms with Gasteiger partial charge in [0.15, 0.2) is 0 Å². The van der Waals surface area contributed by atoms with Crippen molar-refractivity contribution in [1.29, 1.82) is 0 Å². The van der Waals surface area contributed by atoms with E-state index in [-0.39, 0.29) is 0 Å². The Balaban J connectivity index is 3.13. The highest BCUT2D eigenvalue weighted by Gasteiger charge is 2.08. The number of benzene rings is 1. The Bertz CT molecular complexity index is 371. The van der Waals surface area contributed by atoms with Gasteiger partial charge in [0.1, 0.15) is 8.07 Å². The Hall–Kier alpha value is -0.713. The molecule has 0 saturated heterocycles. The molecule has 0 spiro atoms. The van der Waals surface area contributed by atoms with Gasteiger partial charge in [-0.25, -0.2) is 0 Å². The summed E-state index contributed by atoms with van der Waals surface area (Å²) in [6, 6.07) is 5.89. The minimum Gasteiger partial charge on any atom is -0.127 e. The molecule has 1 rings (SSSR count). The van der Waals surface area contributed by atoms with Crippen LogP contribution in [0.3, 0.4) is 0 Å². The lowest BCUT2D eigenvalue weighted by molar-refractivity contribution is 1.44. The van der Waals surface area contributed by atoms with Crippen LogP contribution in [-0.4, -0.2) is 8.07 Å². The van der Waals surface area contributed by atoms with Gasteiger partial charge in [-0.1, -0.05) is 49.3 Å². The molecule has 0 saturated carbocycles. The maximum absolute atomic E-state index is 6.07. The second-order valence-electron chi connectivity index (χ2n) is 4.43. The second-order valence-corrected chi connectivity index (χ2v) is 9.59. The molecule has 0 radical (unpaired) electrons. The lowest BCUT2D eigenvalue weighted by Crippen LogP contribution is -2.16. The van der Waals surface area contributed by atoms with Crippen LogP contribution in [0.5, 0.6) is 0 Å². The smallest absolute Gasteiger partial charge is 0.127 e. The van der Waals surface area contributed by atoms with E-state index in [1.807, 2.05) is 25.1 Å². The second kappa shape index (κ2) is 4.21. The van der Waals surface area contributed by atoms with Gasteiger partial charge in [-0.3, -0.25) is 0 Å². The molecular formula is C12H15ClSi. The van der Waals surface area contributed by atoms with E-state index in [1.54, 1.807) is 0 Å². The van der Waals surface area contributed by atoms with Crippen molar-refractivity contribution in [2.45, 2.75) is 26.6 Å². The normalized spacial score (nSPS) is 10.6. The van der Waals surface area contributed by atoms with E-state index in [4.69, 9.17) is 11.6 Å². The standard InChI is InChI=1S/C12H15ClSi/c1-10-6-5-7-12(13)11(10)8-9-14(2,3)4/h5-7H,1-4H3. The molecule has 0 fully saturated rings. The summed E-state index contributed by atoms with van der Waals surface area (Å²) in [7, 11) is -1.31. The molecule has 0 aliphatic heterocycles. The van der Waals surface area contributed by atoms with Gasteiger partial charge < -0.3 is 0 Å². The molecule has 2 heteroatoms. The van der Waals surface area contributed by atoms with Crippen molar-refractivity contribution in [2.24, 2.45) is 0 Å². The molecule has 0 aliphatic rings. The Labute approximate surface area is 92.3 Å². The summed E-state index contributed by atoms with van der Waals surface area (Å²) in [5.74, 6) is 3.20. The third kappa shape index (κ3) is 3.21. The summed E-state index contributed by atoms with van der Waals surface area (Å²) < 4.78 is 0. The largest absolute Gasteiger partial charge is 0.129 e. The van der Waals surface area contributed by atoms with Crippen LogP contribution in [0, 0.1) is 18.4 Å². The molecule has 0 nitrogen and oxygen atoms in total. The first kappa shape index (κ1) is 11.4.